The monoisotopic (exact) mass is 374 g/mol. The molecule has 3 nitrogen and oxygen atoms in total. The van der Waals surface area contributed by atoms with Gasteiger partial charge in [0.2, 0.25) is 0 Å². The first-order chi connectivity index (χ1) is 13.0. The van der Waals surface area contributed by atoms with Crippen molar-refractivity contribution in [1.29, 1.82) is 0 Å². The van der Waals surface area contributed by atoms with Gasteiger partial charge in [0, 0.05) is 12.5 Å². The number of rotatable bonds is 5. The fraction of sp³-hybridized carbons (Fsp3) is 0.875. The molecule has 3 heteroatoms. The molecule has 4 aliphatic rings. The molecule has 0 saturated heterocycles. The molecule has 0 aliphatic heterocycles. The van der Waals surface area contributed by atoms with Crippen molar-refractivity contribution >= 4 is 5.78 Å². The molecule has 0 unspecified atom stereocenters. The summed E-state index contributed by atoms with van der Waals surface area (Å²) < 4.78 is 11.1. The third-order valence-corrected chi connectivity index (χ3v) is 9.56. The summed E-state index contributed by atoms with van der Waals surface area (Å²) >= 11 is 0. The summed E-state index contributed by atoms with van der Waals surface area (Å²) in [5.74, 6) is 3.75. The molecule has 0 N–H and O–H groups in total. The number of Topliss-reactive ketones (excluding diaryl/α,β-unsaturated/α-hetero) is 1. The molecule has 0 radical (unpaired) electrons. The van der Waals surface area contributed by atoms with E-state index in [1.165, 1.54) is 44.9 Å². The first kappa shape index (κ1) is 19.6. The number of fused-ring (bicyclic) bond motifs is 5. The minimum atomic E-state index is -0.0924. The van der Waals surface area contributed by atoms with Gasteiger partial charge in [0.1, 0.15) is 12.6 Å². The fourth-order valence-electron chi connectivity index (χ4n) is 8.28. The van der Waals surface area contributed by atoms with Crippen LogP contribution in [0.4, 0.5) is 0 Å². The van der Waals surface area contributed by atoms with Gasteiger partial charge in [-0.1, -0.05) is 13.0 Å². The summed E-state index contributed by atoms with van der Waals surface area (Å²) in [4.78, 5) is 12.9. The van der Waals surface area contributed by atoms with Crippen molar-refractivity contribution in [2.75, 3.05) is 13.9 Å². The lowest BCUT2D eigenvalue weighted by Crippen LogP contribution is -2.56. The van der Waals surface area contributed by atoms with Gasteiger partial charge in [-0.05, 0) is 99.7 Å². The van der Waals surface area contributed by atoms with Gasteiger partial charge in [0.05, 0.1) is 6.10 Å². The van der Waals surface area contributed by atoms with Crippen molar-refractivity contribution < 1.29 is 14.3 Å². The van der Waals surface area contributed by atoms with E-state index >= 15 is 0 Å². The highest BCUT2D eigenvalue weighted by atomic mass is 16.7. The molecular weight excluding hydrogens is 336 g/mol. The highest BCUT2D eigenvalue weighted by Crippen LogP contribution is 2.68. The van der Waals surface area contributed by atoms with Crippen LogP contribution in [0.15, 0.2) is 12.7 Å². The number of allylic oxidation sites excluding steroid dienone is 1. The number of hydrogen-bond donors (Lipinski definition) is 0. The quantitative estimate of drug-likeness (QED) is 0.478. The predicted octanol–water partition coefficient (Wildman–Crippen LogP) is 5.39. The normalized spacial score (nSPS) is 49.0. The lowest BCUT2D eigenvalue weighted by molar-refractivity contribution is -0.161. The third-order valence-electron chi connectivity index (χ3n) is 9.56. The lowest BCUT2D eigenvalue weighted by Gasteiger charge is -2.61. The maximum Gasteiger partial charge on any atom is 0.146 e. The number of carbonyl (C=O) groups excluding carboxylic acids is 1. The van der Waals surface area contributed by atoms with Gasteiger partial charge in [-0.15, -0.1) is 6.58 Å². The van der Waals surface area contributed by atoms with E-state index < -0.39 is 0 Å². The van der Waals surface area contributed by atoms with Crippen LogP contribution in [0.2, 0.25) is 0 Å². The second-order valence-electron chi connectivity index (χ2n) is 10.2. The predicted molar refractivity (Wildman–Crippen MR) is 107 cm³/mol. The number of ketones is 1. The van der Waals surface area contributed by atoms with Crippen LogP contribution in [0.3, 0.4) is 0 Å². The first-order valence-electron chi connectivity index (χ1n) is 11.2. The van der Waals surface area contributed by atoms with E-state index in [9.17, 15) is 4.79 Å². The molecule has 8 atom stereocenters. The zero-order chi connectivity index (χ0) is 19.2. The van der Waals surface area contributed by atoms with E-state index in [4.69, 9.17) is 9.47 Å². The average molecular weight is 375 g/mol. The molecule has 152 valence electrons. The van der Waals surface area contributed by atoms with Gasteiger partial charge in [-0.2, -0.15) is 0 Å². The fourth-order valence-corrected chi connectivity index (χ4v) is 8.28. The second-order valence-corrected chi connectivity index (χ2v) is 10.2. The molecular formula is C24H38O3. The molecule has 0 aromatic carbocycles. The van der Waals surface area contributed by atoms with Crippen LogP contribution in [0.5, 0.6) is 0 Å². The highest BCUT2D eigenvalue weighted by Gasteiger charge is 2.62. The summed E-state index contributed by atoms with van der Waals surface area (Å²) in [5, 5.41) is 0. The Bertz CT molecular complexity index is 586. The van der Waals surface area contributed by atoms with Gasteiger partial charge < -0.3 is 9.47 Å². The summed E-state index contributed by atoms with van der Waals surface area (Å²) in [5.41, 5.74) is 0.343. The Labute approximate surface area is 165 Å². The van der Waals surface area contributed by atoms with E-state index in [0.29, 0.717) is 35.9 Å². The van der Waals surface area contributed by atoms with E-state index in [0.717, 1.165) is 30.6 Å². The van der Waals surface area contributed by atoms with Crippen molar-refractivity contribution in [3.8, 4) is 0 Å². The van der Waals surface area contributed by atoms with E-state index in [1.54, 1.807) is 7.11 Å². The number of ether oxygens (including phenoxy) is 2. The smallest absolute Gasteiger partial charge is 0.146 e. The van der Waals surface area contributed by atoms with Crippen LogP contribution < -0.4 is 0 Å². The molecule has 4 rings (SSSR count). The summed E-state index contributed by atoms with van der Waals surface area (Å²) in [6.45, 7) is 8.96. The third kappa shape index (κ3) is 2.87. The maximum absolute atomic E-state index is 12.9. The Balaban J connectivity index is 1.56. The first-order valence-corrected chi connectivity index (χ1v) is 11.2. The molecule has 4 aliphatic carbocycles. The zero-order valence-corrected chi connectivity index (χ0v) is 17.5. The van der Waals surface area contributed by atoms with Gasteiger partial charge in [0.15, 0.2) is 0 Å². The van der Waals surface area contributed by atoms with Crippen molar-refractivity contribution in [3.63, 3.8) is 0 Å². The SMILES string of the molecule is C=C[C@H]1CC[C@H]2[C@@H]3CC[C@H]4C[C@H](OCOC)CC[C@]4(C)[C@H]3CC[C@]12C(C)=O. The van der Waals surface area contributed by atoms with Crippen LogP contribution in [0.1, 0.15) is 71.6 Å². The van der Waals surface area contributed by atoms with E-state index in [-0.39, 0.29) is 5.41 Å². The van der Waals surface area contributed by atoms with Crippen molar-refractivity contribution in [3.05, 3.63) is 12.7 Å². The van der Waals surface area contributed by atoms with Gasteiger partial charge in [-0.25, -0.2) is 0 Å². The number of carbonyl (C=O) groups is 1. The number of hydrogen-bond acceptors (Lipinski definition) is 3. The maximum atomic E-state index is 12.9. The molecule has 27 heavy (non-hydrogen) atoms. The molecule has 0 bridgehead atoms. The van der Waals surface area contributed by atoms with Crippen LogP contribution in [-0.2, 0) is 14.3 Å². The van der Waals surface area contributed by atoms with Gasteiger partial charge in [-0.3, -0.25) is 4.79 Å². The Morgan fingerprint density at radius 1 is 1.11 bits per heavy atom. The Kier molecular flexibility index (Phi) is 5.31. The summed E-state index contributed by atoms with van der Waals surface area (Å²) in [6.07, 6.45) is 13.5. The van der Waals surface area contributed by atoms with Gasteiger partial charge in [0.25, 0.3) is 0 Å². The topological polar surface area (TPSA) is 35.5 Å². The van der Waals surface area contributed by atoms with Crippen molar-refractivity contribution in [2.45, 2.75) is 77.7 Å². The van der Waals surface area contributed by atoms with E-state index in [2.05, 4.69) is 19.6 Å². The summed E-state index contributed by atoms with van der Waals surface area (Å²) in [7, 11) is 1.71. The lowest BCUT2D eigenvalue weighted by atomic mass is 9.44. The molecule has 0 heterocycles. The second kappa shape index (κ2) is 7.30. The minimum absolute atomic E-state index is 0.0924. The zero-order valence-electron chi connectivity index (χ0n) is 17.5. The van der Waals surface area contributed by atoms with Crippen LogP contribution in [0.25, 0.3) is 0 Å². The minimum Gasteiger partial charge on any atom is -0.359 e. The van der Waals surface area contributed by atoms with Crippen LogP contribution in [-0.4, -0.2) is 25.8 Å². The van der Waals surface area contributed by atoms with Crippen molar-refractivity contribution in [2.24, 2.45) is 40.4 Å². The summed E-state index contributed by atoms with van der Waals surface area (Å²) in [6, 6.07) is 0. The molecule has 0 spiro atoms. The molecule has 4 saturated carbocycles. The molecule has 0 amide bonds. The van der Waals surface area contributed by atoms with Crippen LogP contribution >= 0.6 is 0 Å². The van der Waals surface area contributed by atoms with Crippen LogP contribution in [0, 0.1) is 40.4 Å². The van der Waals surface area contributed by atoms with Crippen molar-refractivity contribution in [1.82, 2.24) is 0 Å². The van der Waals surface area contributed by atoms with Gasteiger partial charge >= 0.3 is 0 Å². The highest BCUT2D eigenvalue weighted by molar-refractivity contribution is 5.84. The number of methoxy groups -OCH3 is 1. The average Bonchev–Trinajstić information content (AvgIpc) is 3.06. The largest absolute Gasteiger partial charge is 0.359 e. The molecule has 4 fully saturated rings. The molecule has 0 aromatic rings. The standard InChI is InChI=1S/C24H38O3/c1-5-17-7-9-22-20-8-6-18-14-19(27-15-26-4)10-12-23(18,3)21(20)11-13-24(17,22)16(2)25/h5,17-22H,1,6-15H2,2-4H3/t17-,18-,19+,20+,21-,22-,23-,24-/m0/s1. The Morgan fingerprint density at radius 2 is 1.93 bits per heavy atom. The van der Waals surface area contributed by atoms with E-state index in [1.807, 2.05) is 6.92 Å². The molecule has 0 aromatic heterocycles. The Morgan fingerprint density at radius 3 is 2.63 bits per heavy atom. The Hall–Kier alpha value is -0.670.